The number of aromatic nitrogens is 1. The second kappa shape index (κ2) is 7.97. The summed E-state index contributed by atoms with van der Waals surface area (Å²) in [5, 5.41) is 2.64. The molecule has 0 saturated heterocycles. The Balaban J connectivity index is 1.91. The first-order valence-electron chi connectivity index (χ1n) is 8.79. The van der Waals surface area contributed by atoms with Crippen LogP contribution >= 0.6 is 22.9 Å². The molecule has 0 saturated carbocycles. The fourth-order valence-electron chi connectivity index (χ4n) is 2.99. The number of halogens is 1. The van der Waals surface area contributed by atoms with E-state index >= 15 is 0 Å². The SMILES string of the molecule is Cc1cccc(C(=O)N=c2scc(-c3ccccc3)n2-c2cccc(Cl)c2)c1. The van der Waals surface area contributed by atoms with Gasteiger partial charge in [0.15, 0.2) is 4.80 Å². The highest BCUT2D eigenvalue weighted by molar-refractivity contribution is 7.07. The van der Waals surface area contributed by atoms with Crippen LogP contribution in [-0.4, -0.2) is 10.5 Å². The summed E-state index contributed by atoms with van der Waals surface area (Å²) in [6.07, 6.45) is 0. The van der Waals surface area contributed by atoms with Gasteiger partial charge in [-0.1, -0.05) is 65.7 Å². The average molecular weight is 405 g/mol. The van der Waals surface area contributed by atoms with E-state index in [0.29, 0.717) is 15.4 Å². The molecule has 138 valence electrons. The largest absolute Gasteiger partial charge is 0.285 e. The zero-order valence-corrected chi connectivity index (χ0v) is 16.7. The van der Waals surface area contributed by atoms with E-state index in [9.17, 15) is 4.79 Å². The summed E-state index contributed by atoms with van der Waals surface area (Å²) < 4.78 is 1.97. The summed E-state index contributed by atoms with van der Waals surface area (Å²) in [5.74, 6) is -0.263. The third-order valence-corrected chi connectivity index (χ3v) is 5.37. The molecule has 0 aliphatic heterocycles. The molecule has 0 radical (unpaired) electrons. The Morgan fingerprint density at radius 3 is 2.50 bits per heavy atom. The van der Waals surface area contributed by atoms with Gasteiger partial charge in [-0.15, -0.1) is 11.3 Å². The van der Waals surface area contributed by atoms with Gasteiger partial charge >= 0.3 is 0 Å². The maximum absolute atomic E-state index is 12.8. The Hall–Kier alpha value is -2.95. The molecule has 0 unspecified atom stereocenters. The highest BCUT2D eigenvalue weighted by Crippen LogP contribution is 2.24. The minimum absolute atomic E-state index is 0.263. The van der Waals surface area contributed by atoms with Crippen molar-refractivity contribution in [1.82, 2.24) is 4.57 Å². The predicted octanol–water partition coefficient (Wildman–Crippen LogP) is 5.91. The number of hydrogen-bond acceptors (Lipinski definition) is 2. The fourth-order valence-corrected chi connectivity index (χ4v) is 4.08. The minimum atomic E-state index is -0.263. The zero-order chi connectivity index (χ0) is 19.5. The Labute approximate surface area is 172 Å². The summed E-state index contributed by atoms with van der Waals surface area (Å²) in [4.78, 5) is 17.8. The van der Waals surface area contributed by atoms with Crippen LogP contribution in [-0.2, 0) is 0 Å². The molecule has 1 heterocycles. The van der Waals surface area contributed by atoms with E-state index in [1.807, 2.05) is 89.7 Å². The average Bonchev–Trinajstić information content (AvgIpc) is 3.12. The summed E-state index contributed by atoms with van der Waals surface area (Å²) in [5.41, 5.74) is 4.47. The highest BCUT2D eigenvalue weighted by Gasteiger charge is 2.12. The van der Waals surface area contributed by atoms with Crippen molar-refractivity contribution < 1.29 is 4.79 Å². The number of benzene rings is 3. The normalized spacial score (nSPS) is 11.6. The van der Waals surface area contributed by atoms with Gasteiger partial charge in [0.2, 0.25) is 0 Å². The van der Waals surface area contributed by atoms with Crippen LogP contribution in [0.15, 0.2) is 89.2 Å². The summed E-state index contributed by atoms with van der Waals surface area (Å²) in [6, 6.07) is 25.0. The molecule has 0 spiro atoms. The Morgan fingerprint density at radius 1 is 0.964 bits per heavy atom. The molecular weight excluding hydrogens is 388 g/mol. The van der Waals surface area contributed by atoms with Gasteiger partial charge in [-0.25, -0.2) is 0 Å². The smallest absolute Gasteiger partial charge is 0.279 e. The van der Waals surface area contributed by atoms with Crippen LogP contribution in [0, 0.1) is 6.92 Å². The number of hydrogen-bond donors (Lipinski definition) is 0. The van der Waals surface area contributed by atoms with Gasteiger partial charge in [-0.2, -0.15) is 4.99 Å². The van der Waals surface area contributed by atoms with Crippen molar-refractivity contribution in [2.45, 2.75) is 6.92 Å². The molecule has 0 aliphatic carbocycles. The molecule has 0 N–H and O–H groups in total. The topological polar surface area (TPSA) is 34.4 Å². The molecule has 0 aliphatic rings. The molecule has 1 amide bonds. The first-order valence-corrected chi connectivity index (χ1v) is 10.1. The van der Waals surface area contributed by atoms with Crippen molar-refractivity contribution in [1.29, 1.82) is 0 Å². The lowest BCUT2D eigenvalue weighted by Gasteiger charge is -2.09. The van der Waals surface area contributed by atoms with Crippen molar-refractivity contribution >= 4 is 28.8 Å². The number of carbonyl (C=O) groups excluding carboxylic acids is 1. The second-order valence-corrected chi connectivity index (χ2v) is 7.64. The van der Waals surface area contributed by atoms with E-state index in [1.165, 1.54) is 11.3 Å². The van der Waals surface area contributed by atoms with Crippen LogP contribution in [0.2, 0.25) is 5.02 Å². The second-order valence-electron chi connectivity index (χ2n) is 6.37. The summed E-state index contributed by atoms with van der Waals surface area (Å²) >= 11 is 7.66. The summed E-state index contributed by atoms with van der Waals surface area (Å²) in [6.45, 7) is 1.96. The van der Waals surface area contributed by atoms with Gasteiger partial charge in [0.05, 0.1) is 5.69 Å². The molecular formula is C23H17ClN2OS. The van der Waals surface area contributed by atoms with Crippen LogP contribution in [0.5, 0.6) is 0 Å². The molecule has 3 nitrogen and oxygen atoms in total. The van der Waals surface area contributed by atoms with Crippen molar-refractivity contribution in [3.8, 4) is 16.9 Å². The molecule has 28 heavy (non-hydrogen) atoms. The number of carbonyl (C=O) groups is 1. The molecule has 0 bridgehead atoms. The van der Waals surface area contributed by atoms with Crippen LogP contribution in [0.25, 0.3) is 16.9 Å². The van der Waals surface area contributed by atoms with E-state index in [2.05, 4.69) is 4.99 Å². The third kappa shape index (κ3) is 3.84. The molecule has 1 aromatic heterocycles. The van der Waals surface area contributed by atoms with E-state index < -0.39 is 0 Å². The molecule has 3 aromatic carbocycles. The van der Waals surface area contributed by atoms with Crippen LogP contribution in [0.1, 0.15) is 15.9 Å². The molecule has 4 rings (SSSR count). The number of aryl methyl sites for hydroxylation is 1. The third-order valence-electron chi connectivity index (χ3n) is 4.31. The van der Waals surface area contributed by atoms with Crippen molar-refractivity contribution in [2.75, 3.05) is 0 Å². The summed E-state index contributed by atoms with van der Waals surface area (Å²) in [7, 11) is 0. The lowest BCUT2D eigenvalue weighted by atomic mass is 10.1. The Kier molecular flexibility index (Phi) is 5.24. The first-order chi connectivity index (χ1) is 13.6. The number of amides is 1. The molecule has 4 aromatic rings. The Morgan fingerprint density at radius 2 is 1.75 bits per heavy atom. The van der Waals surface area contributed by atoms with Gasteiger partial charge in [-0.05, 0) is 42.8 Å². The quantitative estimate of drug-likeness (QED) is 0.418. The van der Waals surface area contributed by atoms with E-state index in [0.717, 1.165) is 22.5 Å². The lowest BCUT2D eigenvalue weighted by Crippen LogP contribution is -2.16. The minimum Gasteiger partial charge on any atom is -0.285 e. The van der Waals surface area contributed by atoms with Gasteiger partial charge in [-0.3, -0.25) is 9.36 Å². The standard InChI is InChI=1S/C23H17ClN2OS/c1-16-7-5-10-18(13-16)22(27)25-23-26(20-12-6-11-19(24)14-20)21(15-28-23)17-8-3-2-4-9-17/h2-15H,1H3. The molecule has 5 heteroatoms. The first kappa shape index (κ1) is 18.4. The van der Waals surface area contributed by atoms with Crippen molar-refractivity contribution in [3.05, 3.63) is 105 Å². The lowest BCUT2D eigenvalue weighted by molar-refractivity contribution is 0.0998. The van der Waals surface area contributed by atoms with E-state index in [4.69, 9.17) is 11.6 Å². The monoisotopic (exact) mass is 404 g/mol. The highest BCUT2D eigenvalue weighted by atomic mass is 35.5. The Bertz CT molecular complexity index is 1210. The van der Waals surface area contributed by atoms with E-state index in [-0.39, 0.29) is 5.91 Å². The number of rotatable bonds is 3. The number of nitrogens with zero attached hydrogens (tertiary/aromatic N) is 2. The van der Waals surface area contributed by atoms with Gasteiger partial charge < -0.3 is 0 Å². The molecule has 0 fully saturated rings. The van der Waals surface area contributed by atoms with Gasteiger partial charge in [0.25, 0.3) is 5.91 Å². The van der Waals surface area contributed by atoms with Crippen molar-refractivity contribution in [2.24, 2.45) is 4.99 Å². The van der Waals surface area contributed by atoms with E-state index in [1.54, 1.807) is 6.07 Å². The molecule has 0 atom stereocenters. The van der Waals surface area contributed by atoms with Crippen LogP contribution in [0.4, 0.5) is 0 Å². The van der Waals surface area contributed by atoms with Gasteiger partial charge in [0, 0.05) is 21.7 Å². The van der Waals surface area contributed by atoms with Gasteiger partial charge in [0.1, 0.15) is 0 Å². The maximum atomic E-state index is 12.8. The number of thiazole rings is 1. The zero-order valence-electron chi connectivity index (χ0n) is 15.2. The van der Waals surface area contributed by atoms with Crippen LogP contribution in [0.3, 0.4) is 0 Å². The fraction of sp³-hybridized carbons (Fsp3) is 0.0435. The van der Waals surface area contributed by atoms with Crippen molar-refractivity contribution in [3.63, 3.8) is 0 Å². The predicted molar refractivity (Wildman–Crippen MR) is 115 cm³/mol. The maximum Gasteiger partial charge on any atom is 0.279 e. The van der Waals surface area contributed by atoms with Crippen LogP contribution < -0.4 is 4.80 Å².